The smallest absolute Gasteiger partial charge is 0.0934 e. The van der Waals surface area contributed by atoms with Crippen molar-refractivity contribution in [3.8, 4) is 0 Å². The summed E-state index contributed by atoms with van der Waals surface area (Å²) in [5.41, 5.74) is 1.49. The van der Waals surface area contributed by atoms with Crippen LogP contribution in [0.1, 0.15) is 62.4 Å². The summed E-state index contributed by atoms with van der Waals surface area (Å²) in [5, 5.41) is 3.93. The highest BCUT2D eigenvalue weighted by Gasteiger charge is 2.29. The van der Waals surface area contributed by atoms with Crippen molar-refractivity contribution in [1.82, 2.24) is 5.32 Å². The highest BCUT2D eigenvalue weighted by atomic mass is 35.5. The van der Waals surface area contributed by atoms with Gasteiger partial charge in [0.15, 0.2) is 0 Å². The first-order valence-electron chi connectivity index (χ1n) is 7.67. The molecule has 1 aromatic rings. The molecule has 2 aliphatic rings. The van der Waals surface area contributed by atoms with Crippen molar-refractivity contribution in [3.63, 3.8) is 0 Å². The summed E-state index contributed by atoms with van der Waals surface area (Å²) in [5.74, 6) is 1.76. The first kappa shape index (κ1) is 13.9. The molecule has 1 fully saturated rings. The summed E-state index contributed by atoms with van der Waals surface area (Å²) in [6.07, 6.45) is 7.87. The Morgan fingerprint density at radius 1 is 1.21 bits per heavy atom. The van der Waals surface area contributed by atoms with Crippen molar-refractivity contribution in [2.75, 3.05) is 0 Å². The zero-order valence-corrected chi connectivity index (χ0v) is 13.5. The minimum Gasteiger partial charge on any atom is -0.307 e. The van der Waals surface area contributed by atoms with Crippen LogP contribution in [0.25, 0.3) is 0 Å². The van der Waals surface area contributed by atoms with Gasteiger partial charge in [0, 0.05) is 17.0 Å². The zero-order valence-electron chi connectivity index (χ0n) is 11.9. The van der Waals surface area contributed by atoms with Gasteiger partial charge in [-0.3, -0.25) is 0 Å². The van der Waals surface area contributed by atoms with Gasteiger partial charge in [0.05, 0.1) is 4.34 Å². The molecule has 1 saturated carbocycles. The molecule has 0 spiro atoms. The number of hydrogen-bond acceptors (Lipinski definition) is 2. The van der Waals surface area contributed by atoms with Crippen molar-refractivity contribution >= 4 is 22.9 Å². The van der Waals surface area contributed by atoms with Crippen LogP contribution < -0.4 is 5.32 Å². The van der Waals surface area contributed by atoms with Gasteiger partial charge >= 0.3 is 0 Å². The maximum Gasteiger partial charge on any atom is 0.0934 e. The summed E-state index contributed by atoms with van der Waals surface area (Å²) < 4.78 is 0.962. The largest absolute Gasteiger partial charge is 0.307 e. The number of thiophene rings is 1. The summed E-state index contributed by atoms with van der Waals surface area (Å²) in [6.45, 7) is 4.81. The van der Waals surface area contributed by atoms with Gasteiger partial charge in [-0.25, -0.2) is 0 Å². The molecule has 19 heavy (non-hydrogen) atoms. The van der Waals surface area contributed by atoms with Crippen LogP contribution in [-0.4, -0.2) is 6.04 Å². The third kappa shape index (κ3) is 3.01. The van der Waals surface area contributed by atoms with Crippen LogP contribution in [0.5, 0.6) is 0 Å². The Morgan fingerprint density at radius 2 is 2.05 bits per heavy atom. The van der Waals surface area contributed by atoms with Crippen LogP contribution in [0.4, 0.5) is 0 Å². The molecule has 1 aromatic heterocycles. The fourth-order valence-corrected chi connectivity index (χ4v) is 5.06. The Morgan fingerprint density at radius 3 is 2.84 bits per heavy atom. The maximum atomic E-state index is 6.19. The monoisotopic (exact) mass is 297 g/mol. The topological polar surface area (TPSA) is 12.0 Å². The quantitative estimate of drug-likeness (QED) is 0.792. The molecule has 4 atom stereocenters. The first-order chi connectivity index (χ1) is 9.13. The highest BCUT2D eigenvalue weighted by molar-refractivity contribution is 7.16. The predicted molar refractivity (Wildman–Crippen MR) is 84.1 cm³/mol. The molecule has 4 unspecified atom stereocenters. The third-order valence-electron chi connectivity index (χ3n) is 5.12. The second-order valence-corrected chi connectivity index (χ2v) is 8.27. The lowest BCUT2D eigenvalue weighted by molar-refractivity contribution is 0.211. The van der Waals surface area contributed by atoms with Gasteiger partial charge in [-0.05, 0) is 62.0 Å². The van der Waals surface area contributed by atoms with Gasteiger partial charge in [0.2, 0.25) is 0 Å². The van der Waals surface area contributed by atoms with E-state index in [1.54, 1.807) is 11.3 Å². The Hall–Kier alpha value is -0.0500. The van der Waals surface area contributed by atoms with E-state index >= 15 is 0 Å². The first-order valence-corrected chi connectivity index (χ1v) is 8.87. The fourth-order valence-electron chi connectivity index (χ4n) is 3.68. The second kappa shape index (κ2) is 5.75. The van der Waals surface area contributed by atoms with E-state index in [2.05, 4.69) is 25.2 Å². The predicted octanol–water partition coefficient (Wildman–Crippen LogP) is 5.19. The Labute approximate surface area is 125 Å². The van der Waals surface area contributed by atoms with E-state index in [4.69, 9.17) is 11.6 Å². The van der Waals surface area contributed by atoms with Crippen LogP contribution in [-0.2, 0) is 6.42 Å². The van der Waals surface area contributed by atoms with Crippen LogP contribution in [0.15, 0.2) is 6.07 Å². The average Bonchev–Trinajstić information content (AvgIpc) is 2.75. The molecule has 1 N–H and O–H groups in total. The van der Waals surface area contributed by atoms with Gasteiger partial charge in [-0.15, -0.1) is 11.3 Å². The minimum absolute atomic E-state index is 0.554. The molecule has 106 valence electrons. The van der Waals surface area contributed by atoms with E-state index in [0.717, 1.165) is 16.2 Å². The molecule has 1 nitrogen and oxygen atoms in total. The van der Waals surface area contributed by atoms with E-state index in [1.807, 2.05) is 0 Å². The molecule has 1 heterocycles. The van der Waals surface area contributed by atoms with Crippen molar-refractivity contribution < 1.29 is 0 Å². The Balaban J connectivity index is 1.68. The molecule has 0 bridgehead atoms. The number of hydrogen-bond donors (Lipinski definition) is 1. The minimum atomic E-state index is 0.554. The SMILES string of the molecule is CC1CCC(NC2CCCc3sc(Cl)cc32)CC1C. The Kier molecular flexibility index (Phi) is 4.21. The highest BCUT2D eigenvalue weighted by Crippen LogP contribution is 2.39. The standard InChI is InChI=1S/C16H24ClNS/c1-10-6-7-12(8-11(10)2)18-14-4-3-5-15-13(14)9-16(17)19-15/h9-12,14,18H,3-8H2,1-2H3. The summed E-state index contributed by atoms with van der Waals surface area (Å²) >= 11 is 7.97. The van der Waals surface area contributed by atoms with Gasteiger partial charge in [0.1, 0.15) is 0 Å². The van der Waals surface area contributed by atoms with Crippen LogP contribution in [0, 0.1) is 11.8 Å². The molecule has 0 aromatic carbocycles. The normalized spacial score (nSPS) is 35.1. The van der Waals surface area contributed by atoms with E-state index in [9.17, 15) is 0 Å². The molecular formula is C16H24ClNS. The summed E-state index contributed by atoms with van der Waals surface area (Å²) in [4.78, 5) is 1.52. The Bertz CT molecular complexity index is 442. The number of nitrogens with one attached hydrogen (secondary N) is 1. The van der Waals surface area contributed by atoms with Crippen LogP contribution >= 0.6 is 22.9 Å². The second-order valence-electron chi connectivity index (χ2n) is 6.51. The maximum absolute atomic E-state index is 6.19. The summed E-state index contributed by atoms with van der Waals surface area (Å²) in [7, 11) is 0. The van der Waals surface area contributed by atoms with Crippen molar-refractivity contribution in [2.24, 2.45) is 11.8 Å². The molecule has 0 aliphatic heterocycles. The van der Waals surface area contributed by atoms with Gasteiger partial charge in [-0.2, -0.15) is 0 Å². The summed E-state index contributed by atoms with van der Waals surface area (Å²) in [6, 6.07) is 3.46. The molecule has 0 saturated heterocycles. The number of fused-ring (bicyclic) bond motifs is 1. The molecular weight excluding hydrogens is 274 g/mol. The lowest BCUT2D eigenvalue weighted by Gasteiger charge is -2.36. The van der Waals surface area contributed by atoms with Crippen molar-refractivity contribution in [2.45, 2.75) is 64.5 Å². The van der Waals surface area contributed by atoms with Gasteiger partial charge < -0.3 is 5.32 Å². The van der Waals surface area contributed by atoms with Gasteiger partial charge in [-0.1, -0.05) is 25.4 Å². The third-order valence-corrected chi connectivity index (χ3v) is 6.46. The number of rotatable bonds is 2. The number of halogens is 1. The van der Waals surface area contributed by atoms with E-state index in [0.29, 0.717) is 12.1 Å². The fraction of sp³-hybridized carbons (Fsp3) is 0.750. The molecule has 0 radical (unpaired) electrons. The van der Waals surface area contributed by atoms with E-state index < -0.39 is 0 Å². The van der Waals surface area contributed by atoms with Crippen LogP contribution in [0.2, 0.25) is 4.34 Å². The van der Waals surface area contributed by atoms with Crippen molar-refractivity contribution in [3.05, 3.63) is 20.8 Å². The number of aryl methyl sites for hydroxylation is 1. The molecule has 3 heteroatoms. The van der Waals surface area contributed by atoms with E-state index in [-0.39, 0.29) is 0 Å². The van der Waals surface area contributed by atoms with E-state index in [1.165, 1.54) is 49.0 Å². The van der Waals surface area contributed by atoms with Gasteiger partial charge in [0.25, 0.3) is 0 Å². The lowest BCUT2D eigenvalue weighted by atomic mass is 9.78. The molecule has 0 amide bonds. The van der Waals surface area contributed by atoms with Crippen molar-refractivity contribution in [1.29, 1.82) is 0 Å². The lowest BCUT2D eigenvalue weighted by Crippen LogP contribution is -2.39. The zero-order chi connectivity index (χ0) is 13.4. The molecule has 3 rings (SSSR count). The molecule has 2 aliphatic carbocycles. The average molecular weight is 298 g/mol. The van der Waals surface area contributed by atoms with Crippen LogP contribution in [0.3, 0.4) is 0 Å².